The van der Waals surface area contributed by atoms with Gasteiger partial charge in [0.1, 0.15) is 0 Å². The molecule has 0 aromatic carbocycles. The van der Waals surface area contributed by atoms with Gasteiger partial charge in [0.15, 0.2) is 0 Å². The Bertz CT molecular complexity index is 412. The van der Waals surface area contributed by atoms with E-state index in [1.807, 2.05) is 0 Å². The van der Waals surface area contributed by atoms with Gasteiger partial charge in [-0.3, -0.25) is 15.0 Å². The molecular weight excluding hydrogens is 218 g/mol. The van der Waals surface area contributed by atoms with Gasteiger partial charge in [-0.05, 0) is 24.3 Å². The second-order valence-electron chi connectivity index (χ2n) is 5.01. The fourth-order valence-electron chi connectivity index (χ4n) is 2.67. The number of H-pyrrole nitrogens is 1. The fraction of sp³-hybridized carbons (Fsp3) is 0.583. The van der Waals surface area contributed by atoms with Gasteiger partial charge in [0.25, 0.3) is 0 Å². The van der Waals surface area contributed by atoms with Gasteiger partial charge in [0.05, 0.1) is 24.2 Å². The van der Waals surface area contributed by atoms with E-state index in [9.17, 15) is 10.1 Å². The average molecular weight is 236 g/mol. The second-order valence-corrected chi connectivity index (χ2v) is 5.01. The Morgan fingerprint density at radius 2 is 2.06 bits per heavy atom. The molecule has 1 N–H and O–H groups in total. The predicted molar refractivity (Wildman–Crippen MR) is 64.8 cm³/mol. The first-order valence-corrected chi connectivity index (χ1v) is 5.98. The van der Waals surface area contributed by atoms with Crippen LogP contribution in [0.25, 0.3) is 0 Å². The molecule has 0 saturated carbocycles. The first kappa shape index (κ1) is 11.8. The molecule has 0 amide bonds. The highest BCUT2D eigenvalue weighted by molar-refractivity contribution is 5.53. The highest BCUT2D eigenvalue weighted by Gasteiger charge is 2.33. The van der Waals surface area contributed by atoms with Crippen molar-refractivity contribution in [2.75, 3.05) is 18.0 Å². The molecule has 2 heterocycles. The third-order valence-electron chi connectivity index (χ3n) is 3.19. The molecule has 1 fully saturated rings. The number of rotatable bonds is 2. The third-order valence-corrected chi connectivity index (χ3v) is 3.19. The van der Waals surface area contributed by atoms with Gasteiger partial charge < -0.3 is 0 Å². The Kier molecular flexibility index (Phi) is 3.26. The van der Waals surface area contributed by atoms with Crippen LogP contribution in [-0.4, -0.2) is 18.0 Å². The number of pyridine rings is 1. The average Bonchev–Trinajstić information content (AvgIpc) is 2.27. The van der Waals surface area contributed by atoms with Crippen LogP contribution in [0.2, 0.25) is 0 Å². The summed E-state index contributed by atoms with van der Waals surface area (Å²) in [6, 6.07) is 3.22. The summed E-state index contributed by atoms with van der Waals surface area (Å²) in [7, 11) is 0. The maximum absolute atomic E-state index is 11.0. The molecule has 5 heteroatoms. The summed E-state index contributed by atoms with van der Waals surface area (Å²) in [4.78, 5) is 15.8. The smallest absolute Gasteiger partial charge is 0.258 e. The lowest BCUT2D eigenvalue weighted by Gasteiger charge is -2.29. The largest absolute Gasteiger partial charge is 0.357 e. The van der Waals surface area contributed by atoms with Crippen LogP contribution in [0.1, 0.15) is 20.3 Å². The van der Waals surface area contributed by atoms with E-state index in [1.165, 1.54) is 6.42 Å². The molecule has 0 spiro atoms. The summed E-state index contributed by atoms with van der Waals surface area (Å²) in [5.74, 6) is 1.79. The van der Waals surface area contributed by atoms with Crippen LogP contribution >= 0.6 is 0 Å². The number of aromatic amines is 1. The molecule has 1 aromatic rings. The van der Waals surface area contributed by atoms with Crippen LogP contribution in [0.5, 0.6) is 0 Å². The van der Waals surface area contributed by atoms with Crippen LogP contribution in [0, 0.1) is 22.0 Å². The van der Waals surface area contributed by atoms with E-state index in [0.717, 1.165) is 13.1 Å². The molecule has 0 unspecified atom stereocenters. The minimum Gasteiger partial charge on any atom is -0.258 e. The highest BCUT2D eigenvalue weighted by atomic mass is 16.6. The Morgan fingerprint density at radius 3 is 2.65 bits per heavy atom. The van der Waals surface area contributed by atoms with E-state index in [2.05, 4.69) is 23.7 Å². The van der Waals surface area contributed by atoms with E-state index < -0.39 is 0 Å². The maximum atomic E-state index is 11.0. The molecule has 0 aliphatic carbocycles. The standard InChI is InChI=1S/C12H17N3O2/c1-9-6-10(2)8-14(7-9)12-11(15(16)17)4-3-5-13-12/h3-5,9-10H,6-8H2,1-2H3/p+1/t9-,10-/m1/s1. The minimum atomic E-state index is -0.324. The SMILES string of the molecule is C[C@@H]1C[C@@H](C)CN(c2[nH+]cccc2[N+](=O)[O-])C1. The molecule has 2 rings (SSSR count). The van der Waals surface area contributed by atoms with E-state index in [0.29, 0.717) is 17.7 Å². The van der Waals surface area contributed by atoms with Crippen molar-refractivity contribution < 1.29 is 9.91 Å². The van der Waals surface area contributed by atoms with Gasteiger partial charge in [-0.25, -0.2) is 4.98 Å². The molecule has 1 saturated heterocycles. The minimum absolute atomic E-state index is 0.161. The molecule has 1 aromatic heterocycles. The van der Waals surface area contributed by atoms with Gasteiger partial charge in [0.2, 0.25) is 0 Å². The van der Waals surface area contributed by atoms with Crippen LogP contribution in [0.15, 0.2) is 18.3 Å². The lowest BCUT2D eigenvalue weighted by Crippen LogP contribution is -2.41. The van der Waals surface area contributed by atoms with Crippen molar-refractivity contribution in [1.82, 2.24) is 0 Å². The predicted octanol–water partition coefficient (Wildman–Crippen LogP) is 1.89. The Labute approximate surface area is 101 Å². The summed E-state index contributed by atoms with van der Waals surface area (Å²) in [5.41, 5.74) is 0.161. The third kappa shape index (κ3) is 2.54. The summed E-state index contributed by atoms with van der Waals surface area (Å²) in [6.45, 7) is 6.15. The zero-order chi connectivity index (χ0) is 12.4. The number of aromatic nitrogens is 1. The molecule has 1 aliphatic rings. The quantitative estimate of drug-likeness (QED) is 0.582. The Balaban J connectivity index is 2.30. The molecule has 5 nitrogen and oxygen atoms in total. The number of nitrogens with one attached hydrogen (secondary N) is 1. The maximum Gasteiger partial charge on any atom is 0.357 e. The topological polar surface area (TPSA) is 60.5 Å². The van der Waals surface area contributed by atoms with Gasteiger partial charge in [-0.1, -0.05) is 13.8 Å². The number of anilines is 1. The summed E-state index contributed by atoms with van der Waals surface area (Å²) < 4.78 is 0. The van der Waals surface area contributed by atoms with E-state index >= 15 is 0 Å². The number of nitrogens with zero attached hydrogens (tertiary/aromatic N) is 2. The number of hydrogen-bond acceptors (Lipinski definition) is 3. The Morgan fingerprint density at radius 1 is 1.41 bits per heavy atom. The van der Waals surface area contributed by atoms with Crippen LogP contribution in [0.4, 0.5) is 11.5 Å². The van der Waals surface area contributed by atoms with Gasteiger partial charge in [0, 0.05) is 6.07 Å². The highest BCUT2D eigenvalue weighted by Crippen LogP contribution is 2.28. The lowest BCUT2D eigenvalue weighted by molar-refractivity contribution is -0.411. The zero-order valence-corrected chi connectivity index (χ0v) is 10.2. The summed E-state index contributed by atoms with van der Waals surface area (Å²) >= 11 is 0. The van der Waals surface area contributed by atoms with Crippen molar-refractivity contribution in [3.63, 3.8) is 0 Å². The first-order chi connectivity index (χ1) is 8.08. The van der Waals surface area contributed by atoms with E-state index in [1.54, 1.807) is 18.3 Å². The monoisotopic (exact) mass is 236 g/mol. The number of piperidine rings is 1. The lowest BCUT2D eigenvalue weighted by atomic mass is 9.92. The summed E-state index contributed by atoms with van der Waals surface area (Å²) in [5, 5.41) is 11.0. The molecule has 0 bridgehead atoms. The van der Waals surface area contributed by atoms with Crippen molar-refractivity contribution in [2.24, 2.45) is 11.8 Å². The van der Waals surface area contributed by atoms with Gasteiger partial charge >= 0.3 is 11.5 Å². The zero-order valence-electron chi connectivity index (χ0n) is 10.2. The second kappa shape index (κ2) is 4.69. The first-order valence-electron chi connectivity index (χ1n) is 5.98. The van der Waals surface area contributed by atoms with Gasteiger partial charge in [-0.15, -0.1) is 0 Å². The fourth-order valence-corrected chi connectivity index (χ4v) is 2.67. The van der Waals surface area contributed by atoms with Crippen molar-refractivity contribution >= 4 is 11.5 Å². The normalized spacial score (nSPS) is 24.7. The van der Waals surface area contributed by atoms with Crippen LogP contribution in [-0.2, 0) is 0 Å². The number of hydrogen-bond donors (Lipinski definition) is 0. The molecule has 1 aliphatic heterocycles. The Hall–Kier alpha value is -1.65. The van der Waals surface area contributed by atoms with Crippen molar-refractivity contribution in [1.29, 1.82) is 0 Å². The molecular formula is C12H18N3O2+. The van der Waals surface area contributed by atoms with Crippen molar-refractivity contribution in [2.45, 2.75) is 20.3 Å². The van der Waals surface area contributed by atoms with E-state index in [-0.39, 0.29) is 10.6 Å². The van der Waals surface area contributed by atoms with Crippen molar-refractivity contribution in [3.8, 4) is 0 Å². The van der Waals surface area contributed by atoms with Crippen molar-refractivity contribution in [3.05, 3.63) is 28.4 Å². The van der Waals surface area contributed by atoms with Gasteiger partial charge in [-0.2, -0.15) is 0 Å². The molecule has 0 radical (unpaired) electrons. The number of nitro groups is 1. The molecule has 17 heavy (non-hydrogen) atoms. The molecule has 2 atom stereocenters. The molecule has 92 valence electrons. The van der Waals surface area contributed by atoms with Crippen LogP contribution < -0.4 is 9.88 Å². The van der Waals surface area contributed by atoms with E-state index in [4.69, 9.17) is 0 Å². The van der Waals surface area contributed by atoms with Crippen LogP contribution in [0.3, 0.4) is 0 Å². The summed E-state index contributed by atoms with van der Waals surface area (Å²) in [6.07, 6.45) is 2.93.